The Kier molecular flexibility index (Phi) is 59.0. The highest BCUT2D eigenvalue weighted by atomic mass is 16.6. The van der Waals surface area contributed by atoms with E-state index >= 15 is 0 Å². The van der Waals surface area contributed by atoms with Gasteiger partial charge in [0.05, 0.1) is 0 Å². The van der Waals surface area contributed by atoms with E-state index in [2.05, 4.69) is 191 Å². The lowest BCUT2D eigenvalue weighted by Crippen LogP contribution is -2.30. The van der Waals surface area contributed by atoms with E-state index in [1.54, 1.807) is 0 Å². The minimum atomic E-state index is -0.817. The van der Waals surface area contributed by atoms with Crippen molar-refractivity contribution >= 4 is 17.9 Å². The third kappa shape index (κ3) is 61.5. The SMILES string of the molecule is CC/C=C\C/C=C\C/C=C\C/C=C\C/C=C\C/C=C\C/C=C\C/C=C\C/C=C\C/C=C\CCCCC(=O)OCC(COC(=O)CCCCCCC/C=C\CCCC)OC(=O)CCCCCCC/C=C\C/C=C\C/C=C\CC. The summed E-state index contributed by atoms with van der Waals surface area (Å²) in [6, 6.07) is 0. The van der Waals surface area contributed by atoms with Crippen LogP contribution in [0.25, 0.3) is 0 Å². The van der Waals surface area contributed by atoms with Gasteiger partial charge in [-0.3, -0.25) is 14.4 Å². The molecule has 0 aromatic rings. The molecule has 0 aliphatic carbocycles. The zero-order chi connectivity index (χ0) is 55.7. The molecule has 77 heavy (non-hydrogen) atoms. The van der Waals surface area contributed by atoms with Crippen LogP contribution in [0.4, 0.5) is 0 Å². The monoisotopic (exact) mass is 1060 g/mol. The van der Waals surface area contributed by atoms with E-state index in [0.717, 1.165) is 167 Å². The molecule has 0 saturated carbocycles. The number of esters is 3. The first kappa shape index (κ1) is 71.8. The third-order valence-corrected chi connectivity index (χ3v) is 12.2. The number of rotatable bonds is 53. The number of carbonyl (C=O) groups excluding carboxylic acids is 3. The van der Waals surface area contributed by atoms with Crippen LogP contribution in [-0.4, -0.2) is 37.2 Å². The fourth-order valence-electron chi connectivity index (χ4n) is 7.64. The second-order valence-corrected chi connectivity index (χ2v) is 19.5. The predicted molar refractivity (Wildman–Crippen MR) is 334 cm³/mol. The Morgan fingerprint density at radius 3 is 0.831 bits per heavy atom. The van der Waals surface area contributed by atoms with Crippen LogP contribution in [0.15, 0.2) is 170 Å². The Morgan fingerprint density at radius 1 is 0.273 bits per heavy atom. The van der Waals surface area contributed by atoms with Gasteiger partial charge in [0, 0.05) is 19.3 Å². The number of hydrogen-bond acceptors (Lipinski definition) is 6. The van der Waals surface area contributed by atoms with E-state index < -0.39 is 6.10 Å². The molecule has 1 atom stereocenters. The average molecular weight is 1060 g/mol. The Bertz CT molecular complexity index is 1790. The van der Waals surface area contributed by atoms with Gasteiger partial charge in [-0.25, -0.2) is 0 Å². The maximum atomic E-state index is 12.8. The smallest absolute Gasteiger partial charge is 0.306 e. The first-order valence-corrected chi connectivity index (χ1v) is 30.6. The summed E-state index contributed by atoms with van der Waals surface area (Å²) in [5.41, 5.74) is 0. The van der Waals surface area contributed by atoms with Gasteiger partial charge in [-0.1, -0.05) is 242 Å². The van der Waals surface area contributed by atoms with E-state index in [4.69, 9.17) is 14.2 Å². The van der Waals surface area contributed by atoms with Gasteiger partial charge in [0.15, 0.2) is 6.10 Å². The standard InChI is InChI=1S/C71H110O6/c1-4-7-10-13-16-19-22-24-26-27-28-29-30-31-32-33-34-35-36-37-38-39-40-41-42-43-45-46-49-52-55-58-61-64-70(73)76-67-68(66-75-69(72)63-60-57-54-51-48-21-18-15-12-9-6-3)77-71(74)65-62-59-56-53-50-47-44-25-23-20-17-14-11-8-5-2/h7-8,10-11,15-20,24-26,28-29,31-32,34-35,37-38,40-41,43-45,49,52,68H,4-6,9,12-14,21-23,27,30,33,36,39,42,46-48,50-51,53-67H2,1-3H3/b10-7-,11-8-,18-15-,19-16-,20-17-,26-24-,29-28-,32-31-,35-34-,38-37-,41-40-,44-25-,45-43-,52-49-. The molecule has 0 aromatic carbocycles. The Hall–Kier alpha value is -5.23. The van der Waals surface area contributed by atoms with E-state index in [1.165, 1.54) is 25.7 Å². The maximum absolute atomic E-state index is 12.8. The van der Waals surface area contributed by atoms with Crippen molar-refractivity contribution in [3.05, 3.63) is 170 Å². The summed E-state index contributed by atoms with van der Waals surface area (Å²) in [6.45, 7) is 6.30. The first-order valence-electron chi connectivity index (χ1n) is 30.6. The highest BCUT2D eigenvalue weighted by Gasteiger charge is 2.19. The van der Waals surface area contributed by atoms with E-state index in [0.29, 0.717) is 12.8 Å². The zero-order valence-corrected chi connectivity index (χ0v) is 49.1. The molecule has 1 unspecified atom stereocenters. The number of carbonyl (C=O) groups is 3. The van der Waals surface area contributed by atoms with Crippen LogP contribution in [-0.2, 0) is 28.6 Å². The summed E-state index contributed by atoms with van der Waals surface area (Å²) in [5, 5.41) is 0. The molecule has 6 nitrogen and oxygen atoms in total. The van der Waals surface area contributed by atoms with Crippen molar-refractivity contribution in [3.63, 3.8) is 0 Å². The summed E-state index contributed by atoms with van der Waals surface area (Å²) in [6.07, 6.45) is 93.6. The van der Waals surface area contributed by atoms with E-state index in [-0.39, 0.29) is 44.0 Å². The van der Waals surface area contributed by atoms with Crippen molar-refractivity contribution in [1.29, 1.82) is 0 Å². The molecule has 0 bridgehead atoms. The second-order valence-electron chi connectivity index (χ2n) is 19.5. The van der Waals surface area contributed by atoms with Gasteiger partial charge in [-0.2, -0.15) is 0 Å². The minimum Gasteiger partial charge on any atom is -0.462 e. The predicted octanol–water partition coefficient (Wildman–Crippen LogP) is 21.1. The summed E-state index contributed by atoms with van der Waals surface area (Å²) < 4.78 is 16.8. The minimum absolute atomic E-state index is 0.110. The highest BCUT2D eigenvalue weighted by Crippen LogP contribution is 2.13. The Labute approximate surface area is 472 Å². The molecule has 430 valence electrons. The van der Waals surface area contributed by atoms with Crippen molar-refractivity contribution in [2.75, 3.05) is 13.2 Å². The fourth-order valence-corrected chi connectivity index (χ4v) is 7.64. The van der Waals surface area contributed by atoms with Crippen molar-refractivity contribution in [1.82, 2.24) is 0 Å². The Morgan fingerprint density at radius 2 is 0.506 bits per heavy atom. The largest absolute Gasteiger partial charge is 0.462 e. The average Bonchev–Trinajstić information content (AvgIpc) is 3.43. The quantitative estimate of drug-likeness (QED) is 0.0261. The number of ether oxygens (including phenoxy) is 3. The Balaban J connectivity index is 4.38. The molecular formula is C71H110O6. The normalized spacial score (nSPS) is 13.3. The van der Waals surface area contributed by atoms with Gasteiger partial charge in [0.25, 0.3) is 0 Å². The summed E-state index contributed by atoms with van der Waals surface area (Å²) in [7, 11) is 0. The van der Waals surface area contributed by atoms with Gasteiger partial charge in [0.2, 0.25) is 0 Å². The second kappa shape index (κ2) is 63.3. The molecule has 0 aliphatic rings. The van der Waals surface area contributed by atoms with Crippen molar-refractivity contribution < 1.29 is 28.6 Å². The van der Waals surface area contributed by atoms with Crippen molar-refractivity contribution in [2.45, 2.75) is 245 Å². The van der Waals surface area contributed by atoms with Gasteiger partial charge in [-0.15, -0.1) is 0 Å². The van der Waals surface area contributed by atoms with Gasteiger partial charge in [-0.05, 0) is 148 Å². The molecule has 0 saturated heterocycles. The van der Waals surface area contributed by atoms with Crippen LogP contribution in [0.2, 0.25) is 0 Å². The zero-order valence-electron chi connectivity index (χ0n) is 49.1. The molecule has 0 spiro atoms. The van der Waals surface area contributed by atoms with Crippen LogP contribution in [0.5, 0.6) is 0 Å². The van der Waals surface area contributed by atoms with Crippen LogP contribution < -0.4 is 0 Å². The van der Waals surface area contributed by atoms with Crippen molar-refractivity contribution in [3.8, 4) is 0 Å². The van der Waals surface area contributed by atoms with Gasteiger partial charge in [0.1, 0.15) is 13.2 Å². The van der Waals surface area contributed by atoms with Gasteiger partial charge < -0.3 is 14.2 Å². The molecule has 0 radical (unpaired) electrons. The molecule has 0 rings (SSSR count). The van der Waals surface area contributed by atoms with Crippen LogP contribution in [0.3, 0.4) is 0 Å². The van der Waals surface area contributed by atoms with Gasteiger partial charge >= 0.3 is 17.9 Å². The highest BCUT2D eigenvalue weighted by molar-refractivity contribution is 5.71. The van der Waals surface area contributed by atoms with Crippen LogP contribution >= 0.6 is 0 Å². The first-order chi connectivity index (χ1) is 38.0. The van der Waals surface area contributed by atoms with Crippen LogP contribution in [0, 0.1) is 0 Å². The summed E-state index contributed by atoms with van der Waals surface area (Å²) in [5.74, 6) is -0.992. The molecule has 0 heterocycles. The molecule has 0 aliphatic heterocycles. The number of unbranched alkanes of at least 4 members (excludes halogenated alkanes) is 14. The number of allylic oxidation sites excluding steroid dienone is 28. The fraction of sp³-hybridized carbons (Fsp3) is 0.563. The molecular weight excluding hydrogens is 949 g/mol. The summed E-state index contributed by atoms with van der Waals surface area (Å²) in [4.78, 5) is 38.1. The van der Waals surface area contributed by atoms with Crippen LogP contribution in [0.1, 0.15) is 239 Å². The third-order valence-electron chi connectivity index (χ3n) is 12.2. The topological polar surface area (TPSA) is 78.9 Å². The molecule has 0 fully saturated rings. The van der Waals surface area contributed by atoms with E-state index in [9.17, 15) is 14.4 Å². The molecule has 0 N–H and O–H groups in total. The molecule has 0 aromatic heterocycles. The number of hydrogen-bond donors (Lipinski definition) is 0. The molecule has 0 amide bonds. The summed E-state index contributed by atoms with van der Waals surface area (Å²) >= 11 is 0. The lowest BCUT2D eigenvalue weighted by atomic mass is 10.1. The lowest BCUT2D eigenvalue weighted by Gasteiger charge is -2.18. The molecule has 6 heteroatoms. The van der Waals surface area contributed by atoms with Crippen molar-refractivity contribution in [2.24, 2.45) is 0 Å². The maximum Gasteiger partial charge on any atom is 0.306 e. The van der Waals surface area contributed by atoms with E-state index in [1.807, 2.05) is 0 Å². The lowest BCUT2D eigenvalue weighted by molar-refractivity contribution is -0.167.